The van der Waals surface area contributed by atoms with Crippen LogP contribution in [-0.2, 0) is 11.2 Å². The molecule has 8 heteroatoms. The maximum absolute atomic E-state index is 12.6. The molecule has 1 aliphatic heterocycles. The predicted molar refractivity (Wildman–Crippen MR) is 104 cm³/mol. The van der Waals surface area contributed by atoms with Gasteiger partial charge >= 0.3 is 0 Å². The molecule has 1 fully saturated rings. The van der Waals surface area contributed by atoms with Gasteiger partial charge in [-0.2, -0.15) is 0 Å². The fourth-order valence-corrected chi connectivity index (χ4v) is 3.08. The number of ether oxygens (including phenoxy) is 1. The van der Waals surface area contributed by atoms with E-state index in [-0.39, 0.29) is 11.3 Å². The summed E-state index contributed by atoms with van der Waals surface area (Å²) < 4.78 is 5.33. The molecule has 0 aliphatic carbocycles. The van der Waals surface area contributed by atoms with Gasteiger partial charge in [0, 0.05) is 36.4 Å². The number of nitro benzene ring substituents is 1. The Morgan fingerprint density at radius 1 is 1.19 bits per heavy atom. The van der Waals surface area contributed by atoms with Crippen molar-refractivity contribution in [3.8, 4) is 0 Å². The standard InChI is InChI=1S/C19H20ClN3O4/c20-15-3-1-14(2-4-15)7-8-21-19(24)17-13-16(5-6-18(17)23(25)26)22-9-11-27-12-10-22/h1-6,13H,7-12H2,(H,21,24). The smallest absolute Gasteiger partial charge is 0.282 e. The summed E-state index contributed by atoms with van der Waals surface area (Å²) in [5, 5.41) is 14.7. The zero-order valence-electron chi connectivity index (χ0n) is 14.7. The van der Waals surface area contributed by atoms with E-state index in [9.17, 15) is 14.9 Å². The number of halogens is 1. The Morgan fingerprint density at radius 2 is 1.89 bits per heavy atom. The minimum absolute atomic E-state index is 0.0695. The van der Waals surface area contributed by atoms with Crippen LogP contribution in [0.25, 0.3) is 0 Å². The van der Waals surface area contributed by atoms with Gasteiger partial charge in [-0.3, -0.25) is 14.9 Å². The Bertz CT molecular complexity index is 820. The summed E-state index contributed by atoms with van der Waals surface area (Å²) >= 11 is 5.86. The van der Waals surface area contributed by atoms with E-state index < -0.39 is 10.8 Å². The second-order valence-corrected chi connectivity index (χ2v) is 6.63. The fraction of sp³-hybridized carbons (Fsp3) is 0.316. The average Bonchev–Trinajstić information content (AvgIpc) is 2.69. The molecule has 1 saturated heterocycles. The largest absolute Gasteiger partial charge is 0.378 e. The molecule has 1 N–H and O–H groups in total. The van der Waals surface area contributed by atoms with Crippen molar-refractivity contribution in [1.82, 2.24) is 5.32 Å². The highest BCUT2D eigenvalue weighted by molar-refractivity contribution is 6.30. The first-order chi connectivity index (χ1) is 13.0. The molecular weight excluding hydrogens is 370 g/mol. The summed E-state index contributed by atoms with van der Waals surface area (Å²) in [6.07, 6.45) is 0.611. The molecule has 1 heterocycles. The van der Waals surface area contributed by atoms with Gasteiger partial charge in [-0.1, -0.05) is 23.7 Å². The zero-order chi connectivity index (χ0) is 19.2. The molecule has 3 rings (SSSR count). The van der Waals surface area contributed by atoms with E-state index in [1.165, 1.54) is 6.07 Å². The van der Waals surface area contributed by atoms with Crippen molar-refractivity contribution >= 4 is 28.9 Å². The number of morpholine rings is 1. The van der Waals surface area contributed by atoms with Crippen molar-refractivity contribution in [3.05, 3.63) is 68.7 Å². The van der Waals surface area contributed by atoms with Crippen LogP contribution >= 0.6 is 11.6 Å². The lowest BCUT2D eigenvalue weighted by Gasteiger charge is -2.29. The zero-order valence-corrected chi connectivity index (χ0v) is 15.4. The molecule has 0 radical (unpaired) electrons. The van der Waals surface area contributed by atoms with Crippen LogP contribution in [0, 0.1) is 10.1 Å². The number of carbonyl (C=O) groups excluding carboxylic acids is 1. The molecule has 2 aromatic carbocycles. The summed E-state index contributed by atoms with van der Waals surface area (Å²) in [7, 11) is 0. The molecule has 0 aromatic heterocycles. The van der Waals surface area contributed by atoms with Crippen molar-refractivity contribution < 1.29 is 14.5 Å². The second-order valence-electron chi connectivity index (χ2n) is 6.19. The summed E-state index contributed by atoms with van der Waals surface area (Å²) in [5.41, 5.74) is 1.68. The molecule has 7 nitrogen and oxygen atoms in total. The number of amides is 1. The molecule has 142 valence electrons. The van der Waals surface area contributed by atoms with Crippen LogP contribution in [0.5, 0.6) is 0 Å². The van der Waals surface area contributed by atoms with Crippen molar-refractivity contribution in [3.63, 3.8) is 0 Å². The van der Waals surface area contributed by atoms with Gasteiger partial charge in [0.05, 0.1) is 18.1 Å². The number of hydrogen-bond acceptors (Lipinski definition) is 5. The van der Waals surface area contributed by atoms with Gasteiger partial charge in [-0.05, 0) is 36.2 Å². The molecule has 27 heavy (non-hydrogen) atoms. The number of benzene rings is 2. The van der Waals surface area contributed by atoms with Crippen LogP contribution in [0.3, 0.4) is 0 Å². The van der Waals surface area contributed by atoms with Crippen LogP contribution in [0.1, 0.15) is 15.9 Å². The van der Waals surface area contributed by atoms with E-state index >= 15 is 0 Å². The molecule has 0 saturated carbocycles. The molecule has 0 bridgehead atoms. The van der Waals surface area contributed by atoms with Gasteiger partial charge < -0.3 is 15.0 Å². The lowest BCUT2D eigenvalue weighted by Crippen LogP contribution is -2.36. The Morgan fingerprint density at radius 3 is 2.56 bits per heavy atom. The number of nitrogens with one attached hydrogen (secondary N) is 1. The maximum Gasteiger partial charge on any atom is 0.282 e. The van der Waals surface area contributed by atoms with Gasteiger partial charge in [0.2, 0.25) is 0 Å². The van der Waals surface area contributed by atoms with Crippen LogP contribution in [0.15, 0.2) is 42.5 Å². The van der Waals surface area contributed by atoms with E-state index in [1.807, 2.05) is 12.1 Å². The summed E-state index contributed by atoms with van der Waals surface area (Å²) in [5.74, 6) is -0.453. The summed E-state index contributed by atoms with van der Waals surface area (Å²) in [6.45, 7) is 2.95. The Balaban J connectivity index is 1.70. The van der Waals surface area contributed by atoms with Crippen molar-refractivity contribution in [2.75, 3.05) is 37.7 Å². The third-order valence-corrected chi connectivity index (χ3v) is 4.66. The second kappa shape index (κ2) is 8.83. The summed E-state index contributed by atoms with van der Waals surface area (Å²) in [4.78, 5) is 25.4. The average molecular weight is 390 g/mol. The maximum atomic E-state index is 12.6. The third kappa shape index (κ3) is 4.96. The number of rotatable bonds is 6. The van der Waals surface area contributed by atoms with Crippen molar-refractivity contribution in [2.24, 2.45) is 0 Å². The number of nitrogens with zero attached hydrogens (tertiary/aromatic N) is 2. The van der Waals surface area contributed by atoms with Crippen molar-refractivity contribution in [1.29, 1.82) is 0 Å². The van der Waals surface area contributed by atoms with Gasteiger partial charge in [0.1, 0.15) is 5.56 Å². The van der Waals surface area contributed by atoms with Crippen LogP contribution in [0.2, 0.25) is 5.02 Å². The predicted octanol–water partition coefficient (Wildman–Crippen LogP) is 3.06. The fourth-order valence-electron chi connectivity index (χ4n) is 2.95. The van der Waals surface area contributed by atoms with Crippen LogP contribution in [0.4, 0.5) is 11.4 Å². The quantitative estimate of drug-likeness (QED) is 0.606. The molecular formula is C19H20ClN3O4. The summed E-state index contributed by atoms with van der Waals surface area (Å²) in [6, 6.07) is 12.0. The van der Waals surface area contributed by atoms with E-state index in [0.717, 1.165) is 11.3 Å². The minimum atomic E-state index is -0.531. The Labute approximate surface area is 162 Å². The highest BCUT2D eigenvalue weighted by Gasteiger charge is 2.22. The lowest BCUT2D eigenvalue weighted by molar-refractivity contribution is -0.385. The lowest BCUT2D eigenvalue weighted by atomic mass is 10.1. The molecule has 1 amide bonds. The highest BCUT2D eigenvalue weighted by Crippen LogP contribution is 2.25. The molecule has 2 aromatic rings. The first-order valence-corrected chi connectivity index (χ1v) is 9.06. The Hall–Kier alpha value is -2.64. The van der Waals surface area contributed by atoms with Gasteiger partial charge in [0.15, 0.2) is 0 Å². The first-order valence-electron chi connectivity index (χ1n) is 8.68. The molecule has 0 atom stereocenters. The number of anilines is 1. The van der Waals surface area contributed by atoms with E-state index in [1.54, 1.807) is 24.3 Å². The number of nitro groups is 1. The molecule has 0 unspecified atom stereocenters. The Kier molecular flexibility index (Phi) is 6.26. The van der Waals surface area contributed by atoms with Crippen molar-refractivity contribution in [2.45, 2.75) is 6.42 Å². The van der Waals surface area contributed by atoms with E-state index in [2.05, 4.69) is 10.2 Å². The molecule has 0 spiro atoms. The highest BCUT2D eigenvalue weighted by atomic mass is 35.5. The SMILES string of the molecule is O=C(NCCc1ccc(Cl)cc1)c1cc(N2CCOCC2)ccc1[N+](=O)[O-]. The van der Waals surface area contributed by atoms with E-state index in [0.29, 0.717) is 44.3 Å². The van der Waals surface area contributed by atoms with Gasteiger partial charge in [0.25, 0.3) is 11.6 Å². The monoisotopic (exact) mass is 389 g/mol. The third-order valence-electron chi connectivity index (χ3n) is 4.41. The minimum Gasteiger partial charge on any atom is -0.378 e. The van der Waals surface area contributed by atoms with E-state index in [4.69, 9.17) is 16.3 Å². The van der Waals surface area contributed by atoms with Crippen LogP contribution in [-0.4, -0.2) is 43.7 Å². The van der Waals surface area contributed by atoms with Gasteiger partial charge in [-0.15, -0.1) is 0 Å². The van der Waals surface area contributed by atoms with Gasteiger partial charge in [-0.25, -0.2) is 0 Å². The topological polar surface area (TPSA) is 84.7 Å². The number of carbonyl (C=O) groups is 1. The van der Waals surface area contributed by atoms with Crippen LogP contribution < -0.4 is 10.2 Å². The number of hydrogen-bond donors (Lipinski definition) is 1. The normalized spacial score (nSPS) is 14.0. The first kappa shape index (κ1) is 19.1. The molecule has 1 aliphatic rings.